The lowest BCUT2D eigenvalue weighted by Gasteiger charge is -2.53. The first-order valence-electron chi connectivity index (χ1n) is 11.5. The van der Waals surface area contributed by atoms with E-state index < -0.39 is 46.5 Å². The number of phenols is 2. The van der Waals surface area contributed by atoms with E-state index in [1.54, 1.807) is 0 Å². The molecule has 3 heterocycles. The number of aromatic nitrogens is 1. The molecule has 3 amide bonds. The Balaban J connectivity index is 1.33. The van der Waals surface area contributed by atoms with E-state index in [1.165, 1.54) is 53.4 Å². The average Bonchev–Trinajstić information content (AvgIpc) is 3.35. The SMILES string of the molecule is CON=C(C(=O)NC1C(=O)N2CC(C=CCOC(=O)Nc3ccc(O)c(O)c3)(C(=O)O)CS[C@H]12)c1csc(N)n1. The van der Waals surface area contributed by atoms with E-state index in [2.05, 4.69) is 20.8 Å². The van der Waals surface area contributed by atoms with E-state index in [-0.39, 0.29) is 46.9 Å². The number of nitrogens with two attached hydrogens (primary N) is 1. The van der Waals surface area contributed by atoms with Crippen molar-refractivity contribution < 1.29 is 44.1 Å². The molecule has 3 atom stereocenters. The monoisotopic (exact) mass is 592 g/mol. The zero-order chi connectivity index (χ0) is 29.0. The third-order valence-electron chi connectivity index (χ3n) is 5.95. The molecular weight excluding hydrogens is 568 g/mol. The highest BCUT2D eigenvalue weighted by atomic mass is 32.2. The number of carbonyl (C=O) groups is 4. The van der Waals surface area contributed by atoms with Crippen LogP contribution in [0.1, 0.15) is 5.69 Å². The number of hydrogen-bond donors (Lipinski definition) is 6. The molecule has 17 heteroatoms. The number of anilines is 2. The summed E-state index contributed by atoms with van der Waals surface area (Å²) in [5.74, 6) is -3.03. The fraction of sp³-hybridized carbons (Fsp3) is 0.304. The predicted molar refractivity (Wildman–Crippen MR) is 144 cm³/mol. The van der Waals surface area contributed by atoms with Gasteiger partial charge in [0, 0.05) is 29.4 Å². The highest BCUT2D eigenvalue weighted by Crippen LogP contribution is 2.43. The third-order valence-corrected chi connectivity index (χ3v) is 8.17. The second-order valence-electron chi connectivity index (χ2n) is 8.60. The van der Waals surface area contributed by atoms with Gasteiger partial charge in [0.2, 0.25) is 5.91 Å². The normalized spacial score (nSPS) is 22.3. The second kappa shape index (κ2) is 11.7. The summed E-state index contributed by atoms with van der Waals surface area (Å²) < 4.78 is 5.01. The fourth-order valence-electron chi connectivity index (χ4n) is 3.95. The van der Waals surface area contributed by atoms with E-state index in [0.717, 1.165) is 17.4 Å². The number of benzene rings is 1. The molecule has 4 rings (SSSR count). The van der Waals surface area contributed by atoms with Gasteiger partial charge < -0.3 is 40.8 Å². The number of nitrogens with one attached hydrogen (secondary N) is 2. The highest BCUT2D eigenvalue weighted by molar-refractivity contribution is 8.00. The van der Waals surface area contributed by atoms with Crippen LogP contribution in [0.5, 0.6) is 11.5 Å². The standard InChI is InChI=1S/C23H24N6O9S2/c1-37-28-15(12-8-39-21(24)26-12)17(32)27-16-18(33)29-9-23(20(34)35,10-40-19(16)29)5-2-6-38-22(36)25-11-3-4-13(30)14(31)7-11/h2-5,7-8,16,19,30-31H,6,9-10H2,1H3,(H2,24,26)(H,25,36)(H,27,32)(H,34,35)/t16?,19-,23?/m1/s1. The number of rotatable bonds is 9. The molecule has 15 nitrogen and oxygen atoms in total. The van der Waals surface area contributed by atoms with Crippen molar-refractivity contribution in [2.75, 3.05) is 37.1 Å². The topological polar surface area (TPSA) is 226 Å². The van der Waals surface area contributed by atoms with E-state index in [1.807, 2.05) is 0 Å². The van der Waals surface area contributed by atoms with Crippen LogP contribution in [0.15, 0.2) is 40.9 Å². The number of fused-ring (bicyclic) bond motifs is 1. The lowest BCUT2D eigenvalue weighted by molar-refractivity contribution is -0.156. The van der Waals surface area contributed by atoms with Crippen molar-refractivity contribution in [2.45, 2.75) is 11.4 Å². The van der Waals surface area contributed by atoms with Crippen LogP contribution in [-0.2, 0) is 24.0 Å². The number of thiazole rings is 1. The summed E-state index contributed by atoms with van der Waals surface area (Å²) >= 11 is 2.29. The molecule has 1 aromatic heterocycles. The van der Waals surface area contributed by atoms with Gasteiger partial charge in [-0.15, -0.1) is 23.1 Å². The third kappa shape index (κ3) is 5.89. The van der Waals surface area contributed by atoms with Gasteiger partial charge in [-0.05, 0) is 18.2 Å². The number of amides is 3. The molecule has 2 fully saturated rings. The Labute approximate surface area is 234 Å². The number of thioether (sulfide) groups is 1. The molecule has 212 valence electrons. The number of carboxylic acids is 1. The van der Waals surface area contributed by atoms with Crippen molar-refractivity contribution in [3.8, 4) is 11.5 Å². The van der Waals surface area contributed by atoms with E-state index >= 15 is 0 Å². The minimum absolute atomic E-state index is 0.0836. The minimum atomic E-state index is -1.45. The van der Waals surface area contributed by atoms with Crippen LogP contribution in [0.4, 0.5) is 15.6 Å². The molecule has 0 spiro atoms. The molecule has 2 aliphatic rings. The Bertz CT molecular complexity index is 1400. The molecule has 0 saturated carbocycles. The van der Waals surface area contributed by atoms with E-state index in [9.17, 15) is 34.5 Å². The summed E-state index contributed by atoms with van der Waals surface area (Å²) in [4.78, 5) is 60.0. The van der Waals surface area contributed by atoms with Crippen molar-refractivity contribution in [1.29, 1.82) is 0 Å². The lowest BCUT2D eigenvalue weighted by Crippen LogP contribution is -2.73. The van der Waals surface area contributed by atoms with Crippen LogP contribution in [0.2, 0.25) is 0 Å². The number of ether oxygens (including phenoxy) is 1. The Morgan fingerprint density at radius 2 is 2.10 bits per heavy atom. The van der Waals surface area contributed by atoms with E-state index in [4.69, 9.17) is 15.3 Å². The van der Waals surface area contributed by atoms with Gasteiger partial charge >= 0.3 is 12.1 Å². The number of β-lactam (4-membered cyclic amide) rings is 1. The van der Waals surface area contributed by atoms with Gasteiger partial charge in [0.15, 0.2) is 22.3 Å². The Morgan fingerprint density at radius 1 is 1.32 bits per heavy atom. The van der Waals surface area contributed by atoms with Gasteiger partial charge in [-0.3, -0.25) is 19.7 Å². The van der Waals surface area contributed by atoms with Gasteiger partial charge in [-0.2, -0.15) is 0 Å². The molecule has 0 bridgehead atoms. The van der Waals surface area contributed by atoms with Gasteiger partial charge in [-0.25, -0.2) is 9.78 Å². The Hall–Kier alpha value is -4.51. The van der Waals surface area contributed by atoms with Crippen molar-refractivity contribution in [1.82, 2.24) is 15.2 Å². The largest absolute Gasteiger partial charge is 0.504 e. The zero-order valence-electron chi connectivity index (χ0n) is 20.8. The number of aromatic hydroxyl groups is 2. The number of carbonyl (C=O) groups excluding carboxylic acids is 3. The summed E-state index contributed by atoms with van der Waals surface area (Å²) in [6, 6.07) is 2.76. The summed E-state index contributed by atoms with van der Waals surface area (Å²) in [7, 11) is 1.26. The zero-order valence-corrected chi connectivity index (χ0v) is 22.4. The second-order valence-corrected chi connectivity index (χ2v) is 10.6. The Kier molecular flexibility index (Phi) is 8.34. The van der Waals surface area contributed by atoms with Crippen molar-refractivity contribution in [3.05, 3.63) is 41.4 Å². The maximum absolute atomic E-state index is 12.9. The molecule has 2 unspecified atom stereocenters. The quantitative estimate of drug-likeness (QED) is 0.0593. The summed E-state index contributed by atoms with van der Waals surface area (Å²) in [6.45, 7) is -0.420. The molecule has 2 aliphatic heterocycles. The Morgan fingerprint density at radius 3 is 2.75 bits per heavy atom. The molecule has 0 radical (unpaired) electrons. The average molecular weight is 593 g/mol. The first-order chi connectivity index (χ1) is 19.0. The van der Waals surface area contributed by atoms with Gasteiger partial charge in [-0.1, -0.05) is 11.2 Å². The van der Waals surface area contributed by atoms with Gasteiger partial charge in [0.05, 0.1) is 0 Å². The minimum Gasteiger partial charge on any atom is -0.504 e. The first-order valence-corrected chi connectivity index (χ1v) is 13.4. The number of nitrogen functional groups attached to an aromatic ring is 1. The van der Waals surface area contributed by atoms with Crippen LogP contribution < -0.4 is 16.4 Å². The van der Waals surface area contributed by atoms with Crippen LogP contribution in [0.25, 0.3) is 0 Å². The van der Waals surface area contributed by atoms with Crippen molar-refractivity contribution >= 4 is 63.5 Å². The maximum atomic E-state index is 12.9. The van der Waals surface area contributed by atoms with E-state index in [0.29, 0.717) is 0 Å². The van der Waals surface area contributed by atoms with Crippen molar-refractivity contribution in [2.24, 2.45) is 10.6 Å². The lowest BCUT2D eigenvalue weighted by atomic mass is 9.86. The molecule has 1 aromatic carbocycles. The molecular formula is C23H24N6O9S2. The van der Waals surface area contributed by atoms with Crippen LogP contribution >= 0.6 is 23.1 Å². The van der Waals surface area contributed by atoms with Gasteiger partial charge in [0.1, 0.15) is 36.2 Å². The van der Waals surface area contributed by atoms with Crippen LogP contribution in [-0.4, -0.2) is 92.2 Å². The smallest absolute Gasteiger partial charge is 0.411 e. The summed E-state index contributed by atoms with van der Waals surface area (Å²) in [6.07, 6.45) is 1.86. The molecule has 7 N–H and O–H groups in total. The number of carboxylic acid groups (broad SMARTS) is 1. The fourth-order valence-corrected chi connectivity index (χ4v) is 6.01. The maximum Gasteiger partial charge on any atom is 0.411 e. The van der Waals surface area contributed by atoms with Gasteiger partial charge in [0.25, 0.3) is 5.91 Å². The van der Waals surface area contributed by atoms with Crippen LogP contribution in [0, 0.1) is 5.41 Å². The number of hydrogen-bond acceptors (Lipinski definition) is 13. The number of aliphatic carboxylic acids is 1. The molecule has 2 saturated heterocycles. The number of nitrogens with zero attached hydrogens (tertiary/aromatic N) is 3. The highest BCUT2D eigenvalue weighted by Gasteiger charge is 2.56. The first kappa shape index (κ1) is 28.5. The molecule has 2 aromatic rings. The molecule has 40 heavy (non-hydrogen) atoms. The number of phenolic OH excluding ortho intramolecular Hbond substituents is 2. The van der Waals surface area contributed by atoms with Crippen molar-refractivity contribution in [3.63, 3.8) is 0 Å². The van der Waals surface area contributed by atoms with Crippen LogP contribution in [0.3, 0.4) is 0 Å². The predicted octanol–water partition coefficient (Wildman–Crippen LogP) is 0.763. The summed E-state index contributed by atoms with van der Waals surface area (Å²) in [5, 5.41) is 38.7. The number of oxime groups is 1. The molecule has 0 aliphatic carbocycles. The summed E-state index contributed by atoms with van der Waals surface area (Å²) in [5.41, 5.74) is 4.39.